The number of nitrogens with zero attached hydrogens (tertiary/aromatic N) is 2. The zero-order valence-electron chi connectivity index (χ0n) is 8.48. The molecule has 2 rings (SSSR count). The van der Waals surface area contributed by atoms with Gasteiger partial charge in [0.05, 0.1) is 22.3 Å². The molecule has 84 valence electrons. The van der Waals surface area contributed by atoms with Crippen molar-refractivity contribution in [3.8, 4) is 0 Å². The molecule has 0 spiro atoms. The highest BCUT2D eigenvalue weighted by molar-refractivity contribution is 7.09. The predicted molar refractivity (Wildman–Crippen MR) is 62.4 cm³/mol. The van der Waals surface area contributed by atoms with Crippen LogP contribution in [0.4, 0.5) is 0 Å². The summed E-state index contributed by atoms with van der Waals surface area (Å²) in [4.78, 5) is 15.2. The molecule has 0 aliphatic carbocycles. The number of aryl methyl sites for hydroxylation is 1. The second-order valence-corrected chi connectivity index (χ2v) is 4.83. The lowest BCUT2D eigenvalue weighted by atomic mass is 10.4. The van der Waals surface area contributed by atoms with Gasteiger partial charge < -0.3 is 9.67 Å². The smallest absolute Gasteiger partial charge is 0.352 e. The van der Waals surface area contributed by atoms with Crippen molar-refractivity contribution in [1.82, 2.24) is 9.55 Å². The van der Waals surface area contributed by atoms with Crippen LogP contribution in [0.15, 0.2) is 17.6 Å². The average molecular weight is 257 g/mol. The third-order valence-corrected chi connectivity index (χ3v) is 3.11. The van der Waals surface area contributed by atoms with Gasteiger partial charge >= 0.3 is 5.97 Å². The average Bonchev–Trinajstić information content (AvgIpc) is 2.74. The minimum atomic E-state index is -0.987. The standard InChI is InChI=1S/C10H9ClN2O2S/c1-6-12-8(5-16-6)4-13-3-7(11)2-9(13)10(14)15/h2-3,5H,4H2,1H3,(H,14,15). The highest BCUT2D eigenvalue weighted by Crippen LogP contribution is 2.17. The van der Waals surface area contributed by atoms with Crippen LogP contribution in [0.3, 0.4) is 0 Å². The molecule has 16 heavy (non-hydrogen) atoms. The van der Waals surface area contributed by atoms with Crippen molar-refractivity contribution < 1.29 is 9.90 Å². The Balaban J connectivity index is 2.30. The van der Waals surface area contributed by atoms with Gasteiger partial charge in [0.2, 0.25) is 0 Å². The van der Waals surface area contributed by atoms with Crippen molar-refractivity contribution >= 4 is 28.9 Å². The highest BCUT2D eigenvalue weighted by Gasteiger charge is 2.12. The van der Waals surface area contributed by atoms with E-state index in [2.05, 4.69) is 4.98 Å². The van der Waals surface area contributed by atoms with E-state index in [0.717, 1.165) is 10.7 Å². The molecule has 0 unspecified atom stereocenters. The third-order valence-electron chi connectivity index (χ3n) is 2.08. The summed E-state index contributed by atoms with van der Waals surface area (Å²) in [5, 5.41) is 12.3. The van der Waals surface area contributed by atoms with Gasteiger partial charge in [0.25, 0.3) is 0 Å². The van der Waals surface area contributed by atoms with Gasteiger partial charge in [-0.05, 0) is 13.0 Å². The van der Waals surface area contributed by atoms with E-state index in [0.29, 0.717) is 11.6 Å². The number of carboxylic acid groups (broad SMARTS) is 1. The monoisotopic (exact) mass is 256 g/mol. The largest absolute Gasteiger partial charge is 0.477 e. The Bertz CT molecular complexity index is 533. The molecule has 0 atom stereocenters. The zero-order valence-corrected chi connectivity index (χ0v) is 10.0. The van der Waals surface area contributed by atoms with Gasteiger partial charge in [-0.25, -0.2) is 9.78 Å². The van der Waals surface area contributed by atoms with Crippen LogP contribution in [0.1, 0.15) is 21.2 Å². The van der Waals surface area contributed by atoms with E-state index in [1.54, 1.807) is 10.8 Å². The molecule has 2 aromatic rings. The van der Waals surface area contributed by atoms with E-state index in [1.807, 2.05) is 12.3 Å². The summed E-state index contributed by atoms with van der Waals surface area (Å²) in [5.74, 6) is -0.987. The van der Waals surface area contributed by atoms with Crippen LogP contribution >= 0.6 is 22.9 Å². The summed E-state index contributed by atoms with van der Waals surface area (Å²) >= 11 is 7.32. The molecule has 0 radical (unpaired) electrons. The molecule has 2 aromatic heterocycles. The molecule has 2 heterocycles. The first kappa shape index (κ1) is 11.2. The maximum atomic E-state index is 10.9. The number of carboxylic acids is 1. The summed E-state index contributed by atoms with van der Waals surface area (Å²) in [6.45, 7) is 2.34. The Morgan fingerprint density at radius 3 is 3.00 bits per heavy atom. The van der Waals surface area contributed by atoms with E-state index in [1.165, 1.54) is 17.4 Å². The van der Waals surface area contributed by atoms with Gasteiger partial charge in [0.15, 0.2) is 0 Å². The highest BCUT2D eigenvalue weighted by atomic mass is 35.5. The first-order valence-electron chi connectivity index (χ1n) is 4.56. The fourth-order valence-electron chi connectivity index (χ4n) is 1.44. The van der Waals surface area contributed by atoms with Crippen LogP contribution < -0.4 is 0 Å². The molecule has 0 bridgehead atoms. The lowest BCUT2D eigenvalue weighted by Gasteiger charge is -2.02. The Morgan fingerprint density at radius 1 is 1.69 bits per heavy atom. The van der Waals surface area contributed by atoms with Gasteiger partial charge in [-0.3, -0.25) is 0 Å². The summed E-state index contributed by atoms with van der Waals surface area (Å²) in [5.41, 5.74) is 1.02. The summed E-state index contributed by atoms with van der Waals surface area (Å²) in [6, 6.07) is 1.43. The molecule has 0 amide bonds. The molecule has 0 saturated heterocycles. The van der Waals surface area contributed by atoms with Gasteiger partial charge in [0, 0.05) is 11.6 Å². The van der Waals surface area contributed by atoms with Crippen molar-refractivity contribution in [1.29, 1.82) is 0 Å². The SMILES string of the molecule is Cc1nc(Cn2cc(Cl)cc2C(=O)O)cs1. The van der Waals surface area contributed by atoms with Crippen molar-refractivity contribution in [2.45, 2.75) is 13.5 Å². The van der Waals surface area contributed by atoms with Crippen LogP contribution in [0, 0.1) is 6.92 Å². The fraction of sp³-hybridized carbons (Fsp3) is 0.200. The van der Waals surface area contributed by atoms with Gasteiger partial charge in [-0.15, -0.1) is 11.3 Å². The molecule has 6 heteroatoms. The Labute approximate surface area is 101 Å². The first-order valence-corrected chi connectivity index (χ1v) is 5.82. The second kappa shape index (κ2) is 4.27. The maximum Gasteiger partial charge on any atom is 0.352 e. The molecule has 0 aromatic carbocycles. The lowest BCUT2D eigenvalue weighted by molar-refractivity contribution is 0.0685. The number of aromatic carboxylic acids is 1. The van der Waals surface area contributed by atoms with Gasteiger partial charge in [-0.1, -0.05) is 11.6 Å². The summed E-state index contributed by atoms with van der Waals surface area (Å²) in [7, 11) is 0. The van der Waals surface area contributed by atoms with Crippen LogP contribution in [-0.4, -0.2) is 20.6 Å². The molecule has 0 saturated carbocycles. The summed E-state index contributed by atoms with van der Waals surface area (Å²) < 4.78 is 1.58. The number of halogens is 1. The molecular formula is C10H9ClN2O2S. The molecule has 1 N–H and O–H groups in total. The molecular weight excluding hydrogens is 248 g/mol. The fourth-order valence-corrected chi connectivity index (χ4v) is 2.26. The first-order chi connectivity index (χ1) is 7.56. The maximum absolute atomic E-state index is 10.9. The quantitative estimate of drug-likeness (QED) is 0.919. The topological polar surface area (TPSA) is 55.1 Å². The van der Waals surface area contributed by atoms with Crippen LogP contribution in [0.5, 0.6) is 0 Å². The van der Waals surface area contributed by atoms with Crippen molar-refractivity contribution in [3.63, 3.8) is 0 Å². The minimum Gasteiger partial charge on any atom is -0.477 e. The molecule has 0 aliphatic rings. The lowest BCUT2D eigenvalue weighted by Crippen LogP contribution is -2.08. The zero-order chi connectivity index (χ0) is 11.7. The number of rotatable bonds is 3. The summed E-state index contributed by atoms with van der Waals surface area (Å²) in [6.07, 6.45) is 1.60. The third kappa shape index (κ3) is 2.25. The predicted octanol–water partition coefficient (Wildman–Crippen LogP) is 2.65. The number of carbonyl (C=O) groups is 1. The van der Waals surface area contributed by atoms with Gasteiger partial charge in [-0.2, -0.15) is 0 Å². The van der Waals surface area contributed by atoms with E-state index in [4.69, 9.17) is 16.7 Å². The van der Waals surface area contributed by atoms with E-state index in [-0.39, 0.29) is 5.69 Å². The van der Waals surface area contributed by atoms with E-state index < -0.39 is 5.97 Å². The van der Waals surface area contributed by atoms with Crippen LogP contribution in [-0.2, 0) is 6.54 Å². The van der Waals surface area contributed by atoms with Crippen molar-refractivity contribution in [3.05, 3.63) is 39.1 Å². The van der Waals surface area contributed by atoms with E-state index >= 15 is 0 Å². The number of hydrogen-bond acceptors (Lipinski definition) is 3. The van der Waals surface area contributed by atoms with Crippen molar-refractivity contribution in [2.24, 2.45) is 0 Å². The van der Waals surface area contributed by atoms with Gasteiger partial charge in [0.1, 0.15) is 5.69 Å². The van der Waals surface area contributed by atoms with Crippen LogP contribution in [0.25, 0.3) is 0 Å². The van der Waals surface area contributed by atoms with E-state index in [9.17, 15) is 4.79 Å². The normalized spacial score (nSPS) is 10.6. The number of thiazole rings is 1. The number of hydrogen-bond donors (Lipinski definition) is 1. The molecule has 0 fully saturated rings. The van der Waals surface area contributed by atoms with Crippen LogP contribution in [0.2, 0.25) is 5.02 Å². The minimum absolute atomic E-state index is 0.177. The molecule has 0 aliphatic heterocycles. The second-order valence-electron chi connectivity index (χ2n) is 3.33. The Morgan fingerprint density at radius 2 is 2.44 bits per heavy atom. The Kier molecular flexibility index (Phi) is 2.98. The number of aromatic nitrogens is 2. The molecule has 4 nitrogen and oxygen atoms in total. The Hall–Kier alpha value is -1.33. The van der Waals surface area contributed by atoms with Crippen molar-refractivity contribution in [2.75, 3.05) is 0 Å².